The lowest BCUT2D eigenvalue weighted by molar-refractivity contribution is 0.0695. The Labute approximate surface area is 149 Å². The van der Waals surface area contributed by atoms with E-state index < -0.39 is 27.6 Å². The van der Waals surface area contributed by atoms with Crippen LogP contribution in [-0.4, -0.2) is 26.0 Å². The number of anilines is 1. The van der Waals surface area contributed by atoms with E-state index in [-0.39, 0.29) is 34.7 Å². The van der Waals surface area contributed by atoms with Gasteiger partial charge in [0, 0.05) is 12.1 Å². The van der Waals surface area contributed by atoms with Crippen molar-refractivity contribution in [2.24, 2.45) is 0 Å². The second-order valence-electron chi connectivity index (χ2n) is 6.01. The van der Waals surface area contributed by atoms with Crippen molar-refractivity contribution < 1.29 is 27.1 Å². The third-order valence-electron chi connectivity index (χ3n) is 4.49. The van der Waals surface area contributed by atoms with Gasteiger partial charge in [-0.3, -0.25) is 4.31 Å². The van der Waals surface area contributed by atoms with Gasteiger partial charge in [0.2, 0.25) is 0 Å². The van der Waals surface area contributed by atoms with Crippen LogP contribution in [0.5, 0.6) is 0 Å². The smallest absolute Gasteiger partial charge is 0.336 e. The number of sulfonamides is 1. The van der Waals surface area contributed by atoms with Crippen molar-refractivity contribution in [3.63, 3.8) is 0 Å². The fourth-order valence-corrected chi connectivity index (χ4v) is 4.76. The second-order valence-corrected chi connectivity index (χ2v) is 7.88. The molecule has 0 atom stereocenters. The molecule has 5 nitrogen and oxygen atoms in total. The van der Waals surface area contributed by atoms with Crippen molar-refractivity contribution >= 4 is 21.7 Å². The molecule has 0 radical (unpaired) electrons. The van der Waals surface area contributed by atoms with Crippen molar-refractivity contribution in [1.82, 2.24) is 0 Å². The maximum Gasteiger partial charge on any atom is 0.336 e. The van der Waals surface area contributed by atoms with Crippen LogP contribution in [0.15, 0.2) is 35.2 Å². The van der Waals surface area contributed by atoms with Gasteiger partial charge in [0.25, 0.3) is 10.0 Å². The summed E-state index contributed by atoms with van der Waals surface area (Å²) in [5.74, 6) is -2.72. The van der Waals surface area contributed by atoms with E-state index in [0.29, 0.717) is 18.4 Å². The lowest BCUT2D eigenvalue weighted by atomic mass is 10.0. The normalized spacial score (nSPS) is 14.2. The molecule has 0 saturated carbocycles. The summed E-state index contributed by atoms with van der Waals surface area (Å²) in [5.41, 5.74) is 0.0920. The number of carboxylic acids is 1. The Morgan fingerprint density at radius 2 is 1.88 bits per heavy atom. The van der Waals surface area contributed by atoms with E-state index in [1.165, 1.54) is 12.1 Å². The Morgan fingerprint density at radius 1 is 1.19 bits per heavy atom. The lowest BCUT2D eigenvalue weighted by Gasteiger charge is -2.31. The van der Waals surface area contributed by atoms with Crippen LogP contribution in [0.3, 0.4) is 0 Å². The largest absolute Gasteiger partial charge is 0.478 e. The van der Waals surface area contributed by atoms with Crippen molar-refractivity contribution in [2.75, 3.05) is 10.8 Å². The van der Waals surface area contributed by atoms with E-state index in [1.54, 1.807) is 6.92 Å². The molecule has 26 heavy (non-hydrogen) atoms. The second kappa shape index (κ2) is 6.68. The molecule has 0 saturated heterocycles. The number of benzene rings is 2. The lowest BCUT2D eigenvalue weighted by Crippen LogP contribution is -2.36. The van der Waals surface area contributed by atoms with Gasteiger partial charge in [0.1, 0.15) is 11.6 Å². The summed E-state index contributed by atoms with van der Waals surface area (Å²) in [5, 5.41) is 9.32. The van der Waals surface area contributed by atoms with Crippen molar-refractivity contribution in [2.45, 2.75) is 31.1 Å². The molecule has 0 aliphatic carbocycles. The zero-order chi connectivity index (χ0) is 19.1. The Balaban J connectivity index is 2.16. The molecule has 1 aliphatic rings. The number of fused-ring (bicyclic) bond motifs is 1. The molecule has 0 bridgehead atoms. The Hall–Kier alpha value is -2.48. The van der Waals surface area contributed by atoms with Gasteiger partial charge >= 0.3 is 5.97 Å². The molecule has 138 valence electrons. The highest BCUT2D eigenvalue weighted by molar-refractivity contribution is 7.92. The molecule has 1 N–H and O–H groups in total. The molecule has 2 aromatic carbocycles. The van der Waals surface area contributed by atoms with Crippen LogP contribution in [0.4, 0.5) is 14.5 Å². The predicted molar refractivity (Wildman–Crippen MR) is 92.0 cm³/mol. The Bertz CT molecular complexity index is 989. The van der Waals surface area contributed by atoms with E-state index in [0.717, 1.165) is 22.5 Å². The van der Waals surface area contributed by atoms with Gasteiger partial charge in [-0.15, -0.1) is 0 Å². The molecule has 2 aromatic rings. The molecule has 8 heteroatoms. The summed E-state index contributed by atoms with van der Waals surface area (Å²) in [6.07, 6.45) is 1.000. The Kier molecular flexibility index (Phi) is 4.70. The van der Waals surface area contributed by atoms with Crippen LogP contribution in [0, 0.1) is 11.6 Å². The average Bonchev–Trinajstić information content (AvgIpc) is 2.63. The molecule has 0 aromatic heterocycles. The van der Waals surface area contributed by atoms with E-state index in [9.17, 15) is 27.1 Å². The maximum absolute atomic E-state index is 14.3. The zero-order valence-corrected chi connectivity index (χ0v) is 14.8. The third kappa shape index (κ3) is 2.94. The first kappa shape index (κ1) is 18.3. The van der Waals surface area contributed by atoms with Crippen LogP contribution in [-0.2, 0) is 22.9 Å². The predicted octanol–water partition coefficient (Wildman–Crippen LogP) is 3.37. The number of carbonyl (C=O) groups is 1. The van der Waals surface area contributed by atoms with Crippen molar-refractivity contribution in [3.05, 3.63) is 58.7 Å². The first-order chi connectivity index (χ1) is 12.3. The Morgan fingerprint density at radius 3 is 2.54 bits per heavy atom. The van der Waals surface area contributed by atoms with Crippen LogP contribution < -0.4 is 4.31 Å². The molecule has 0 unspecified atom stereocenters. The number of hydrogen-bond acceptors (Lipinski definition) is 3. The van der Waals surface area contributed by atoms with E-state index >= 15 is 0 Å². The van der Waals surface area contributed by atoms with E-state index in [4.69, 9.17) is 0 Å². The van der Waals surface area contributed by atoms with Gasteiger partial charge in [-0.2, -0.15) is 0 Å². The number of rotatable bonds is 4. The SMILES string of the molecule is CCc1ccc(S(=O)(=O)N2CCCc3c(F)ccc(F)c32)cc1C(=O)O. The maximum atomic E-state index is 14.3. The minimum Gasteiger partial charge on any atom is -0.478 e. The van der Waals surface area contributed by atoms with Gasteiger partial charge in [0.15, 0.2) is 0 Å². The first-order valence-corrected chi connectivity index (χ1v) is 9.57. The topological polar surface area (TPSA) is 74.7 Å². The minimum atomic E-state index is -4.23. The summed E-state index contributed by atoms with van der Waals surface area (Å²) < 4.78 is 55.2. The highest BCUT2D eigenvalue weighted by Gasteiger charge is 2.33. The first-order valence-electron chi connectivity index (χ1n) is 8.13. The molecular formula is C18H17F2NO4S. The zero-order valence-electron chi connectivity index (χ0n) is 14.0. The van der Waals surface area contributed by atoms with Crippen molar-refractivity contribution in [3.8, 4) is 0 Å². The van der Waals surface area contributed by atoms with Gasteiger partial charge < -0.3 is 5.11 Å². The third-order valence-corrected chi connectivity index (χ3v) is 6.29. The van der Waals surface area contributed by atoms with Crippen LogP contribution in [0.2, 0.25) is 0 Å². The summed E-state index contributed by atoms with van der Waals surface area (Å²) in [6, 6.07) is 5.67. The highest BCUT2D eigenvalue weighted by Crippen LogP contribution is 2.36. The van der Waals surface area contributed by atoms with Crippen LogP contribution in [0.1, 0.15) is 34.8 Å². The number of carboxylic acid groups (broad SMARTS) is 1. The number of nitrogens with zero attached hydrogens (tertiary/aromatic N) is 1. The fourth-order valence-electron chi connectivity index (χ4n) is 3.19. The number of aryl methyl sites for hydroxylation is 1. The average molecular weight is 381 g/mol. The standard InChI is InChI=1S/C18H17F2NO4S/c1-2-11-5-6-12(10-14(11)18(22)23)26(24,25)21-9-3-4-13-15(19)7-8-16(20)17(13)21/h5-8,10H,2-4,9H2,1H3,(H,22,23). The molecule has 3 rings (SSSR count). The number of aromatic carboxylic acids is 1. The number of halogens is 2. The monoisotopic (exact) mass is 381 g/mol. The summed E-state index contributed by atoms with van der Waals surface area (Å²) in [4.78, 5) is 11.2. The minimum absolute atomic E-state index is 0.00631. The van der Waals surface area contributed by atoms with Gasteiger partial charge in [0.05, 0.1) is 16.1 Å². The molecule has 0 amide bonds. The quantitative estimate of drug-likeness (QED) is 0.881. The molecule has 0 spiro atoms. The van der Waals surface area contributed by atoms with E-state index in [1.807, 2.05) is 0 Å². The van der Waals surface area contributed by atoms with Crippen molar-refractivity contribution in [1.29, 1.82) is 0 Å². The van der Waals surface area contributed by atoms with Gasteiger partial charge in [-0.1, -0.05) is 13.0 Å². The summed E-state index contributed by atoms with van der Waals surface area (Å²) >= 11 is 0. The molecule has 1 heterocycles. The van der Waals surface area contributed by atoms with Gasteiger partial charge in [-0.05, 0) is 49.1 Å². The van der Waals surface area contributed by atoms with E-state index in [2.05, 4.69) is 0 Å². The van der Waals surface area contributed by atoms with Crippen LogP contribution >= 0.6 is 0 Å². The van der Waals surface area contributed by atoms with Gasteiger partial charge in [-0.25, -0.2) is 22.0 Å². The summed E-state index contributed by atoms with van der Waals surface area (Å²) in [7, 11) is -4.23. The fraction of sp³-hybridized carbons (Fsp3) is 0.278. The summed E-state index contributed by atoms with van der Waals surface area (Å²) in [6.45, 7) is 1.75. The number of hydrogen-bond donors (Lipinski definition) is 1. The highest BCUT2D eigenvalue weighted by atomic mass is 32.2. The molecular weight excluding hydrogens is 364 g/mol. The van der Waals surface area contributed by atoms with Crippen LogP contribution in [0.25, 0.3) is 0 Å². The molecule has 1 aliphatic heterocycles. The molecule has 0 fully saturated rings.